The molecule has 0 saturated carbocycles. The lowest BCUT2D eigenvalue weighted by molar-refractivity contribution is 0.527. The van der Waals surface area contributed by atoms with Crippen molar-refractivity contribution in [3.8, 4) is 0 Å². The first-order valence-electron chi connectivity index (χ1n) is 6.94. The third-order valence-electron chi connectivity index (χ3n) is 3.35. The molecule has 1 nitrogen and oxygen atoms in total. The lowest BCUT2D eigenvalue weighted by atomic mass is 9.97. The van der Waals surface area contributed by atoms with Gasteiger partial charge >= 0.3 is 0 Å². The Morgan fingerprint density at radius 1 is 1.24 bits per heavy atom. The minimum absolute atomic E-state index is 0.0381. The van der Waals surface area contributed by atoms with Crippen LogP contribution in [0, 0.1) is 12.7 Å². The second kappa shape index (κ2) is 7.39. The van der Waals surface area contributed by atoms with E-state index in [4.69, 9.17) is 11.6 Å². The van der Waals surface area contributed by atoms with Crippen LogP contribution in [0.25, 0.3) is 0 Å². The van der Waals surface area contributed by atoms with E-state index in [9.17, 15) is 4.39 Å². The molecule has 0 spiro atoms. The molecule has 2 aromatic rings. The zero-order valence-electron chi connectivity index (χ0n) is 12.1. The third-order valence-corrected chi connectivity index (χ3v) is 4.06. The second-order valence-electron chi connectivity index (χ2n) is 5.11. The van der Waals surface area contributed by atoms with Crippen LogP contribution in [0.15, 0.2) is 40.9 Å². The van der Waals surface area contributed by atoms with Crippen molar-refractivity contribution in [1.82, 2.24) is 5.32 Å². The standard InChI is InChI=1S/C17H18BrClFN/c1-3-21-17(13-6-11(2)7-15(19)9-13)10-12-8-14(18)4-5-16(12)20/h4-9,17,21H,3,10H2,1-2H3. The van der Waals surface area contributed by atoms with Gasteiger partial charge in [-0.1, -0.05) is 40.5 Å². The van der Waals surface area contributed by atoms with Gasteiger partial charge in [0.25, 0.3) is 0 Å². The van der Waals surface area contributed by atoms with E-state index in [1.807, 2.05) is 32.0 Å². The number of likely N-dealkylation sites (N-methyl/N-ethyl adjacent to an activating group) is 1. The molecular weight excluding hydrogens is 353 g/mol. The Hall–Kier alpha value is -0.900. The molecule has 0 aliphatic heterocycles. The van der Waals surface area contributed by atoms with Crippen molar-refractivity contribution >= 4 is 27.5 Å². The topological polar surface area (TPSA) is 12.0 Å². The van der Waals surface area contributed by atoms with E-state index in [-0.39, 0.29) is 11.9 Å². The fourth-order valence-corrected chi connectivity index (χ4v) is 3.15. The van der Waals surface area contributed by atoms with E-state index in [0.717, 1.165) is 22.1 Å². The predicted octanol–water partition coefficient (Wildman–Crippen LogP) is 5.44. The monoisotopic (exact) mass is 369 g/mol. The number of nitrogens with one attached hydrogen (secondary N) is 1. The number of aryl methyl sites for hydroxylation is 1. The highest BCUT2D eigenvalue weighted by molar-refractivity contribution is 9.10. The van der Waals surface area contributed by atoms with Gasteiger partial charge in [0.2, 0.25) is 0 Å². The molecule has 0 amide bonds. The Morgan fingerprint density at radius 2 is 2.00 bits per heavy atom. The molecule has 2 rings (SSSR count). The SMILES string of the molecule is CCNC(Cc1cc(Br)ccc1F)c1cc(C)cc(Cl)c1. The van der Waals surface area contributed by atoms with Gasteiger partial charge in [-0.25, -0.2) is 4.39 Å². The first-order chi connectivity index (χ1) is 9.99. The van der Waals surface area contributed by atoms with Gasteiger partial charge in [0.1, 0.15) is 5.82 Å². The third kappa shape index (κ3) is 4.53. The minimum Gasteiger partial charge on any atom is -0.310 e. The molecule has 0 aliphatic rings. The van der Waals surface area contributed by atoms with Crippen LogP contribution in [0.5, 0.6) is 0 Å². The number of halogens is 3. The summed E-state index contributed by atoms with van der Waals surface area (Å²) in [5.74, 6) is -0.181. The van der Waals surface area contributed by atoms with Crippen molar-refractivity contribution in [1.29, 1.82) is 0 Å². The van der Waals surface area contributed by atoms with Crippen molar-refractivity contribution in [3.05, 3.63) is 68.4 Å². The molecule has 21 heavy (non-hydrogen) atoms. The number of hydrogen-bond donors (Lipinski definition) is 1. The smallest absolute Gasteiger partial charge is 0.126 e. The van der Waals surface area contributed by atoms with Gasteiger partial charge in [0, 0.05) is 15.5 Å². The van der Waals surface area contributed by atoms with Crippen molar-refractivity contribution in [3.63, 3.8) is 0 Å². The molecule has 1 unspecified atom stereocenters. The fraction of sp³-hybridized carbons (Fsp3) is 0.294. The van der Waals surface area contributed by atoms with Gasteiger partial charge in [0.05, 0.1) is 0 Å². The van der Waals surface area contributed by atoms with Crippen molar-refractivity contribution in [2.75, 3.05) is 6.54 Å². The van der Waals surface area contributed by atoms with Crippen LogP contribution in [0.2, 0.25) is 5.02 Å². The molecule has 0 aliphatic carbocycles. The zero-order valence-corrected chi connectivity index (χ0v) is 14.4. The highest BCUT2D eigenvalue weighted by Crippen LogP contribution is 2.25. The van der Waals surface area contributed by atoms with Crippen LogP contribution in [-0.4, -0.2) is 6.54 Å². The summed E-state index contributed by atoms with van der Waals surface area (Å²) in [5, 5.41) is 4.12. The molecule has 1 N–H and O–H groups in total. The van der Waals surface area contributed by atoms with E-state index in [0.29, 0.717) is 17.0 Å². The summed E-state index contributed by atoms with van der Waals surface area (Å²) in [5.41, 5.74) is 2.88. The average Bonchev–Trinajstić information content (AvgIpc) is 2.41. The van der Waals surface area contributed by atoms with E-state index in [2.05, 4.69) is 27.3 Å². The lowest BCUT2D eigenvalue weighted by Crippen LogP contribution is -2.23. The van der Waals surface area contributed by atoms with Crippen LogP contribution in [0.3, 0.4) is 0 Å². The summed E-state index contributed by atoms with van der Waals surface area (Å²) < 4.78 is 14.9. The van der Waals surface area contributed by atoms with E-state index in [1.54, 1.807) is 6.07 Å². The number of hydrogen-bond acceptors (Lipinski definition) is 1. The second-order valence-corrected chi connectivity index (χ2v) is 6.46. The molecule has 0 bridgehead atoms. The molecule has 112 valence electrons. The first-order valence-corrected chi connectivity index (χ1v) is 8.11. The maximum absolute atomic E-state index is 14.0. The minimum atomic E-state index is -0.181. The molecule has 0 radical (unpaired) electrons. The van der Waals surface area contributed by atoms with Gasteiger partial charge in [0.15, 0.2) is 0 Å². The summed E-state index contributed by atoms with van der Waals surface area (Å²) in [4.78, 5) is 0. The summed E-state index contributed by atoms with van der Waals surface area (Å²) in [6.45, 7) is 4.87. The normalized spacial score (nSPS) is 12.4. The van der Waals surface area contributed by atoms with Gasteiger partial charge in [-0.05, 0) is 66.9 Å². The van der Waals surface area contributed by atoms with Crippen LogP contribution < -0.4 is 5.32 Å². The largest absolute Gasteiger partial charge is 0.310 e. The molecular formula is C17H18BrClFN. The summed E-state index contributed by atoms with van der Waals surface area (Å²) in [6.07, 6.45) is 0.582. The average molecular weight is 371 g/mol. The summed E-state index contributed by atoms with van der Waals surface area (Å²) in [7, 11) is 0. The Morgan fingerprint density at radius 3 is 2.67 bits per heavy atom. The number of benzene rings is 2. The van der Waals surface area contributed by atoms with Crippen LogP contribution in [-0.2, 0) is 6.42 Å². The van der Waals surface area contributed by atoms with Crippen LogP contribution >= 0.6 is 27.5 Å². The molecule has 1 atom stereocenters. The highest BCUT2D eigenvalue weighted by Gasteiger charge is 2.15. The van der Waals surface area contributed by atoms with E-state index < -0.39 is 0 Å². The number of rotatable bonds is 5. The molecule has 0 heterocycles. The Bertz CT molecular complexity index is 610. The van der Waals surface area contributed by atoms with E-state index in [1.165, 1.54) is 6.07 Å². The van der Waals surface area contributed by atoms with Gasteiger partial charge < -0.3 is 5.32 Å². The van der Waals surface area contributed by atoms with Crippen LogP contribution in [0.1, 0.15) is 29.7 Å². The zero-order chi connectivity index (χ0) is 15.4. The molecule has 4 heteroatoms. The quantitative estimate of drug-likeness (QED) is 0.738. The highest BCUT2D eigenvalue weighted by atomic mass is 79.9. The Labute approximate surface area is 138 Å². The van der Waals surface area contributed by atoms with Gasteiger partial charge in [-0.15, -0.1) is 0 Å². The lowest BCUT2D eigenvalue weighted by Gasteiger charge is -2.20. The fourth-order valence-electron chi connectivity index (χ4n) is 2.44. The van der Waals surface area contributed by atoms with Gasteiger partial charge in [-0.2, -0.15) is 0 Å². The molecule has 0 fully saturated rings. The molecule has 2 aromatic carbocycles. The summed E-state index contributed by atoms with van der Waals surface area (Å²) >= 11 is 9.54. The van der Waals surface area contributed by atoms with Crippen LogP contribution in [0.4, 0.5) is 4.39 Å². The van der Waals surface area contributed by atoms with Gasteiger partial charge in [-0.3, -0.25) is 0 Å². The predicted molar refractivity (Wildman–Crippen MR) is 90.4 cm³/mol. The van der Waals surface area contributed by atoms with E-state index >= 15 is 0 Å². The molecule has 0 saturated heterocycles. The Balaban J connectivity index is 2.32. The van der Waals surface area contributed by atoms with Crippen molar-refractivity contribution in [2.24, 2.45) is 0 Å². The first kappa shape index (κ1) is 16.5. The summed E-state index contributed by atoms with van der Waals surface area (Å²) in [6, 6.07) is 11.0. The van der Waals surface area contributed by atoms with Crippen molar-refractivity contribution < 1.29 is 4.39 Å². The maximum Gasteiger partial charge on any atom is 0.126 e. The Kier molecular flexibility index (Phi) is 5.80. The molecule has 0 aromatic heterocycles. The maximum atomic E-state index is 14.0. The van der Waals surface area contributed by atoms with Crippen molar-refractivity contribution in [2.45, 2.75) is 26.3 Å².